The minimum Gasteiger partial charge on any atom is -0.390 e. The van der Waals surface area contributed by atoms with E-state index in [1.54, 1.807) is 7.11 Å². The first kappa shape index (κ1) is 20.5. The van der Waals surface area contributed by atoms with Crippen molar-refractivity contribution >= 4 is 0 Å². The molecule has 1 saturated heterocycles. The summed E-state index contributed by atoms with van der Waals surface area (Å²) in [6, 6.07) is 0. The predicted molar refractivity (Wildman–Crippen MR) is 112 cm³/mol. The van der Waals surface area contributed by atoms with Crippen LogP contribution in [0.25, 0.3) is 0 Å². The summed E-state index contributed by atoms with van der Waals surface area (Å²) in [6.45, 7) is 11.6. The Balaban J connectivity index is 1.44. The van der Waals surface area contributed by atoms with Gasteiger partial charge in [-0.05, 0) is 78.9 Å². The Hall–Kier alpha value is -0.420. The van der Waals surface area contributed by atoms with E-state index in [1.165, 1.54) is 37.7 Å². The van der Waals surface area contributed by atoms with Crippen LogP contribution in [0.15, 0.2) is 12.2 Å². The highest BCUT2D eigenvalue weighted by Crippen LogP contribution is 2.69. The monoisotopic (exact) mass is 404 g/mol. The number of hydrogen-bond acceptors (Lipinski definition) is 4. The molecule has 0 aromatic rings. The van der Waals surface area contributed by atoms with Crippen LogP contribution >= 0.6 is 0 Å². The molecule has 4 nitrogen and oxygen atoms in total. The minimum absolute atomic E-state index is 0.185. The van der Waals surface area contributed by atoms with Gasteiger partial charge in [-0.1, -0.05) is 26.0 Å². The van der Waals surface area contributed by atoms with Crippen LogP contribution in [-0.2, 0) is 14.2 Å². The maximum absolute atomic E-state index is 10.9. The summed E-state index contributed by atoms with van der Waals surface area (Å²) in [6.07, 6.45) is 9.11. The Morgan fingerprint density at radius 3 is 2.59 bits per heavy atom. The predicted octanol–water partition coefficient (Wildman–Crippen LogP) is 4.56. The number of fused-ring (bicyclic) bond motifs is 5. The van der Waals surface area contributed by atoms with Crippen LogP contribution in [0.1, 0.15) is 65.2 Å². The van der Waals surface area contributed by atoms with Crippen molar-refractivity contribution in [2.75, 3.05) is 26.9 Å². The number of hydrogen-bond donors (Lipinski definition) is 1. The van der Waals surface area contributed by atoms with Crippen LogP contribution in [0, 0.1) is 40.4 Å². The highest BCUT2D eigenvalue weighted by molar-refractivity contribution is 5.24. The van der Waals surface area contributed by atoms with Crippen molar-refractivity contribution in [2.45, 2.75) is 77.1 Å². The van der Waals surface area contributed by atoms with E-state index < -0.39 is 0 Å². The first-order valence-electron chi connectivity index (χ1n) is 12.0. The van der Waals surface area contributed by atoms with Gasteiger partial charge in [-0.2, -0.15) is 0 Å². The van der Waals surface area contributed by atoms with Crippen molar-refractivity contribution in [3.05, 3.63) is 12.2 Å². The zero-order valence-electron chi connectivity index (χ0n) is 18.6. The third kappa shape index (κ3) is 2.92. The quantitative estimate of drug-likeness (QED) is 0.701. The lowest BCUT2D eigenvalue weighted by Crippen LogP contribution is -2.57. The molecule has 4 heteroatoms. The highest BCUT2D eigenvalue weighted by atomic mass is 16.7. The van der Waals surface area contributed by atoms with Crippen LogP contribution in [0.5, 0.6) is 0 Å². The molecule has 0 aromatic carbocycles. The minimum atomic E-state index is -0.387. The van der Waals surface area contributed by atoms with Crippen molar-refractivity contribution in [1.82, 2.24) is 0 Å². The van der Waals surface area contributed by atoms with E-state index in [2.05, 4.69) is 20.4 Å². The van der Waals surface area contributed by atoms with E-state index in [0.717, 1.165) is 32.5 Å². The first-order valence-corrected chi connectivity index (χ1v) is 12.0. The molecule has 0 unspecified atom stereocenters. The van der Waals surface area contributed by atoms with E-state index in [9.17, 15) is 5.11 Å². The zero-order valence-corrected chi connectivity index (χ0v) is 18.6. The summed E-state index contributed by atoms with van der Waals surface area (Å²) >= 11 is 0. The fraction of sp³-hybridized carbons (Fsp3) is 0.920. The van der Waals surface area contributed by atoms with Crippen molar-refractivity contribution in [3.8, 4) is 0 Å². The Labute approximate surface area is 176 Å². The standard InChI is InChI=1S/C25H40O4/c1-16-13-25(28-11-12-29-25)14-17-5-6-18-20(24(16,17)3)8-10-23(2)9-7-19(22(18)23)21(26)15-27-4/h17-22,26H,1,5-15H2,2-4H3/t17-,18+,19-,20-,21-,22+,23-,24-/m0/s1. The van der Waals surface area contributed by atoms with Crippen LogP contribution < -0.4 is 0 Å². The van der Waals surface area contributed by atoms with Gasteiger partial charge in [0.2, 0.25) is 0 Å². The molecule has 4 saturated carbocycles. The molecule has 8 atom stereocenters. The Bertz CT molecular complexity index is 655. The molecule has 5 aliphatic rings. The summed E-state index contributed by atoms with van der Waals surface area (Å²) in [5.74, 6) is 2.61. The second-order valence-corrected chi connectivity index (χ2v) is 11.4. The van der Waals surface area contributed by atoms with Crippen LogP contribution in [0.4, 0.5) is 0 Å². The molecular weight excluding hydrogens is 364 g/mol. The zero-order chi connectivity index (χ0) is 20.4. The normalized spacial score (nSPS) is 49.5. The molecule has 29 heavy (non-hydrogen) atoms. The lowest BCUT2D eigenvalue weighted by atomic mass is 9.43. The van der Waals surface area contributed by atoms with Crippen LogP contribution in [0.2, 0.25) is 0 Å². The van der Waals surface area contributed by atoms with Crippen molar-refractivity contribution < 1.29 is 19.3 Å². The first-order chi connectivity index (χ1) is 13.8. The van der Waals surface area contributed by atoms with Gasteiger partial charge in [0, 0.05) is 20.0 Å². The van der Waals surface area contributed by atoms with E-state index >= 15 is 0 Å². The molecule has 1 spiro atoms. The number of rotatable bonds is 3. The molecule has 1 aliphatic heterocycles. The van der Waals surface area contributed by atoms with Crippen molar-refractivity contribution in [2.24, 2.45) is 40.4 Å². The topological polar surface area (TPSA) is 47.9 Å². The molecule has 5 fully saturated rings. The lowest BCUT2D eigenvalue weighted by Gasteiger charge is -2.62. The average Bonchev–Trinajstić information content (AvgIpc) is 3.27. The molecular formula is C25H40O4. The van der Waals surface area contributed by atoms with Gasteiger partial charge in [0.1, 0.15) is 0 Å². The second-order valence-electron chi connectivity index (χ2n) is 11.4. The second kappa shape index (κ2) is 7.05. The molecule has 0 amide bonds. The summed E-state index contributed by atoms with van der Waals surface area (Å²) in [4.78, 5) is 0. The van der Waals surface area contributed by atoms with Gasteiger partial charge in [0.25, 0.3) is 0 Å². The van der Waals surface area contributed by atoms with E-state index in [1.807, 2.05) is 0 Å². The summed E-state index contributed by atoms with van der Waals surface area (Å²) in [5.41, 5.74) is 1.93. The molecule has 0 bridgehead atoms. The van der Waals surface area contributed by atoms with Crippen LogP contribution in [-0.4, -0.2) is 43.9 Å². The lowest BCUT2D eigenvalue weighted by molar-refractivity contribution is -0.210. The van der Waals surface area contributed by atoms with Gasteiger partial charge >= 0.3 is 0 Å². The van der Waals surface area contributed by atoms with Gasteiger partial charge in [-0.25, -0.2) is 0 Å². The molecule has 0 aromatic heterocycles. The largest absolute Gasteiger partial charge is 0.390 e. The van der Waals surface area contributed by atoms with Gasteiger partial charge < -0.3 is 19.3 Å². The average molecular weight is 405 g/mol. The van der Waals surface area contributed by atoms with Crippen LogP contribution in [0.3, 0.4) is 0 Å². The van der Waals surface area contributed by atoms with Crippen molar-refractivity contribution in [1.29, 1.82) is 0 Å². The Morgan fingerprint density at radius 2 is 1.86 bits per heavy atom. The molecule has 1 N–H and O–H groups in total. The SMILES string of the molecule is C=C1CC2(C[C@@H]3CC[C@H]4[C@@H]5[C@H]([C@@H](O)COC)CC[C@@]5(C)CC[C@@H]4[C@@]13C)OCCO2. The summed E-state index contributed by atoms with van der Waals surface area (Å²) in [5, 5.41) is 10.9. The van der Waals surface area contributed by atoms with E-state index in [0.29, 0.717) is 41.6 Å². The number of ether oxygens (including phenoxy) is 3. The van der Waals surface area contributed by atoms with Gasteiger partial charge in [0.15, 0.2) is 5.79 Å². The molecule has 164 valence electrons. The maximum atomic E-state index is 10.9. The Morgan fingerprint density at radius 1 is 1.14 bits per heavy atom. The fourth-order valence-corrected chi connectivity index (χ4v) is 8.83. The fourth-order valence-electron chi connectivity index (χ4n) is 8.83. The number of aliphatic hydroxyl groups is 1. The molecule has 5 rings (SSSR count). The summed E-state index contributed by atoms with van der Waals surface area (Å²) < 4.78 is 17.6. The summed E-state index contributed by atoms with van der Waals surface area (Å²) in [7, 11) is 1.71. The third-order valence-electron chi connectivity index (χ3n) is 10.2. The third-order valence-corrected chi connectivity index (χ3v) is 10.2. The van der Waals surface area contributed by atoms with Gasteiger partial charge in [0.05, 0.1) is 25.9 Å². The number of aliphatic hydroxyl groups excluding tert-OH is 1. The van der Waals surface area contributed by atoms with E-state index in [-0.39, 0.29) is 17.3 Å². The smallest absolute Gasteiger partial charge is 0.172 e. The van der Waals surface area contributed by atoms with E-state index in [4.69, 9.17) is 14.2 Å². The highest BCUT2D eigenvalue weighted by Gasteiger charge is 2.63. The molecule has 0 radical (unpaired) electrons. The molecule has 4 aliphatic carbocycles. The maximum Gasteiger partial charge on any atom is 0.172 e. The van der Waals surface area contributed by atoms with Gasteiger partial charge in [-0.15, -0.1) is 0 Å². The van der Waals surface area contributed by atoms with Gasteiger partial charge in [-0.3, -0.25) is 0 Å². The Kier molecular flexibility index (Phi) is 4.98. The molecule has 1 heterocycles. The number of methoxy groups -OCH3 is 1. The van der Waals surface area contributed by atoms with Crippen molar-refractivity contribution in [3.63, 3.8) is 0 Å².